The Balaban J connectivity index is 3.40. The van der Waals surface area contributed by atoms with Crippen molar-refractivity contribution in [2.45, 2.75) is 12.8 Å². The fourth-order valence-corrected chi connectivity index (χ4v) is 1.45. The third kappa shape index (κ3) is 2.04. The summed E-state index contributed by atoms with van der Waals surface area (Å²) in [7, 11) is 0. The first-order chi connectivity index (χ1) is 5.96. The second-order valence-electron chi connectivity index (χ2n) is 2.71. The van der Waals surface area contributed by atoms with Crippen molar-refractivity contribution < 1.29 is 13.6 Å². The zero-order valence-corrected chi connectivity index (χ0v) is 7.61. The van der Waals surface area contributed by atoms with Gasteiger partial charge < -0.3 is 0 Å². The molecule has 1 rings (SSSR count). The smallest absolute Gasteiger partial charge is 0.272 e. The van der Waals surface area contributed by atoms with Crippen LogP contribution in [0.2, 0.25) is 5.02 Å². The number of carbonyl (C=O) groups excluding carboxylic acids is 1. The Bertz CT molecular complexity index is 331. The van der Waals surface area contributed by atoms with Gasteiger partial charge in [-0.25, -0.2) is 8.78 Å². The second kappa shape index (κ2) is 3.42. The molecular weight excluding hydrogens is 198 g/mol. The van der Waals surface area contributed by atoms with Crippen molar-refractivity contribution in [2.24, 2.45) is 0 Å². The minimum absolute atomic E-state index is 0.0694. The molecule has 0 fully saturated rings. The van der Waals surface area contributed by atoms with E-state index in [1.54, 1.807) is 0 Å². The highest BCUT2D eigenvalue weighted by atomic mass is 35.5. The number of hydrogen-bond donors (Lipinski definition) is 0. The summed E-state index contributed by atoms with van der Waals surface area (Å²) in [5.74, 6) is -3.09. The highest BCUT2D eigenvalue weighted by Crippen LogP contribution is 2.34. The van der Waals surface area contributed by atoms with Gasteiger partial charge in [0.1, 0.15) is 0 Å². The average Bonchev–Trinajstić information content (AvgIpc) is 2.01. The summed E-state index contributed by atoms with van der Waals surface area (Å²) >= 11 is 5.55. The maximum Gasteiger partial charge on any atom is 0.272 e. The molecule has 0 bridgehead atoms. The number of rotatable bonds is 2. The minimum atomic E-state index is -3.09. The predicted molar refractivity (Wildman–Crippen MR) is 46.4 cm³/mol. The molecule has 0 aliphatic rings. The Hall–Kier alpha value is -0.960. The van der Waals surface area contributed by atoms with Crippen molar-refractivity contribution >= 4 is 17.9 Å². The number of halogens is 3. The third-order valence-electron chi connectivity index (χ3n) is 1.61. The molecule has 0 heterocycles. The van der Waals surface area contributed by atoms with Gasteiger partial charge in [0, 0.05) is 18.1 Å². The van der Waals surface area contributed by atoms with E-state index in [0.29, 0.717) is 13.2 Å². The lowest BCUT2D eigenvalue weighted by Crippen LogP contribution is -2.11. The molecule has 1 nitrogen and oxygen atoms in total. The van der Waals surface area contributed by atoms with Gasteiger partial charge in [-0.15, -0.1) is 0 Å². The third-order valence-corrected chi connectivity index (χ3v) is 1.93. The van der Waals surface area contributed by atoms with Gasteiger partial charge in [-0.3, -0.25) is 4.79 Å². The van der Waals surface area contributed by atoms with Gasteiger partial charge in [0.25, 0.3) is 5.92 Å². The van der Waals surface area contributed by atoms with Gasteiger partial charge >= 0.3 is 0 Å². The second-order valence-corrected chi connectivity index (χ2v) is 3.12. The van der Waals surface area contributed by atoms with Gasteiger partial charge in [0.2, 0.25) is 0 Å². The monoisotopic (exact) mass is 204 g/mol. The highest BCUT2D eigenvalue weighted by Gasteiger charge is 2.29. The summed E-state index contributed by atoms with van der Waals surface area (Å²) in [6, 6.07) is 4.11. The number of hydrogen-bond acceptors (Lipinski definition) is 1. The lowest BCUT2D eigenvalue weighted by atomic mass is 10.0. The van der Waals surface area contributed by atoms with Crippen LogP contribution < -0.4 is 0 Å². The van der Waals surface area contributed by atoms with Crippen molar-refractivity contribution in [3.63, 3.8) is 0 Å². The van der Waals surface area contributed by atoms with Crippen LogP contribution in [0.1, 0.15) is 22.8 Å². The zero-order valence-electron chi connectivity index (χ0n) is 6.85. The number of carbonyl (C=O) groups is 1. The topological polar surface area (TPSA) is 17.1 Å². The molecular formula is C9H7ClF2O. The van der Waals surface area contributed by atoms with Crippen LogP contribution in [0.4, 0.5) is 8.78 Å². The minimum Gasteiger partial charge on any atom is -0.298 e. The molecule has 0 aliphatic heterocycles. The Morgan fingerprint density at radius 1 is 1.46 bits per heavy atom. The van der Waals surface area contributed by atoms with Gasteiger partial charge in [0.05, 0.1) is 5.02 Å². The standard InChI is InChI=1S/C9H7ClF2O/c1-9(11,12)8-6(5-13)3-2-4-7(8)10/h2-5H,1H3. The molecule has 0 radical (unpaired) electrons. The molecule has 4 heteroatoms. The number of aldehydes is 1. The molecule has 0 aromatic heterocycles. The first-order valence-corrected chi connectivity index (χ1v) is 3.96. The summed E-state index contributed by atoms with van der Waals surface area (Å²) < 4.78 is 25.8. The number of alkyl halides is 2. The van der Waals surface area contributed by atoms with Crippen molar-refractivity contribution in [1.82, 2.24) is 0 Å². The lowest BCUT2D eigenvalue weighted by Gasteiger charge is -2.14. The fourth-order valence-electron chi connectivity index (χ4n) is 1.10. The number of benzene rings is 1. The first kappa shape index (κ1) is 10.1. The SMILES string of the molecule is CC(F)(F)c1c(Cl)cccc1C=O. The van der Waals surface area contributed by atoms with Crippen LogP contribution >= 0.6 is 11.6 Å². The molecule has 1 aromatic carbocycles. The molecule has 13 heavy (non-hydrogen) atoms. The largest absolute Gasteiger partial charge is 0.298 e. The van der Waals surface area contributed by atoms with Gasteiger partial charge in [-0.2, -0.15) is 0 Å². The average molecular weight is 205 g/mol. The van der Waals surface area contributed by atoms with E-state index >= 15 is 0 Å². The van der Waals surface area contributed by atoms with Crippen LogP contribution in [0.15, 0.2) is 18.2 Å². The molecule has 0 N–H and O–H groups in total. The summed E-state index contributed by atoms with van der Waals surface area (Å²) in [5, 5.41) is -0.0860. The lowest BCUT2D eigenvalue weighted by molar-refractivity contribution is 0.0169. The Morgan fingerprint density at radius 3 is 2.46 bits per heavy atom. The molecule has 70 valence electrons. The molecule has 1 aromatic rings. The van der Waals surface area contributed by atoms with E-state index < -0.39 is 11.5 Å². The van der Waals surface area contributed by atoms with E-state index in [0.717, 1.165) is 0 Å². The van der Waals surface area contributed by atoms with E-state index in [4.69, 9.17) is 11.6 Å². The maximum absolute atomic E-state index is 12.9. The molecule has 0 atom stereocenters. The molecule has 0 saturated carbocycles. The van der Waals surface area contributed by atoms with Crippen LogP contribution in [0, 0.1) is 0 Å². The van der Waals surface area contributed by atoms with E-state index in [2.05, 4.69) is 0 Å². The van der Waals surface area contributed by atoms with Crippen LogP contribution in [-0.4, -0.2) is 6.29 Å². The summed E-state index contributed by atoms with van der Waals surface area (Å²) in [6.45, 7) is 0.710. The summed E-state index contributed by atoms with van der Waals surface area (Å²) in [4.78, 5) is 10.4. The molecule has 0 spiro atoms. The van der Waals surface area contributed by atoms with Crippen LogP contribution in [0.25, 0.3) is 0 Å². The highest BCUT2D eigenvalue weighted by molar-refractivity contribution is 6.31. The van der Waals surface area contributed by atoms with Gasteiger partial charge in [-0.1, -0.05) is 23.7 Å². The van der Waals surface area contributed by atoms with Crippen molar-refractivity contribution in [2.75, 3.05) is 0 Å². The van der Waals surface area contributed by atoms with E-state index in [-0.39, 0.29) is 10.6 Å². The first-order valence-electron chi connectivity index (χ1n) is 3.59. The molecule has 0 saturated heterocycles. The Morgan fingerprint density at radius 2 is 2.08 bits per heavy atom. The quantitative estimate of drug-likeness (QED) is 0.676. The van der Waals surface area contributed by atoms with Gasteiger partial charge in [-0.05, 0) is 6.07 Å². The summed E-state index contributed by atoms with van der Waals surface area (Å²) in [6.07, 6.45) is 0.374. The Labute approximate surface area is 79.3 Å². The molecule has 0 aliphatic carbocycles. The molecule has 0 amide bonds. The van der Waals surface area contributed by atoms with Gasteiger partial charge in [0.15, 0.2) is 6.29 Å². The van der Waals surface area contributed by atoms with E-state index in [1.165, 1.54) is 18.2 Å². The van der Waals surface area contributed by atoms with Crippen molar-refractivity contribution in [1.29, 1.82) is 0 Å². The summed E-state index contributed by atoms with van der Waals surface area (Å²) in [5.41, 5.74) is -0.480. The molecule has 0 unspecified atom stereocenters. The van der Waals surface area contributed by atoms with Crippen molar-refractivity contribution in [3.05, 3.63) is 34.3 Å². The van der Waals surface area contributed by atoms with E-state index in [1.807, 2.05) is 0 Å². The predicted octanol–water partition coefficient (Wildman–Crippen LogP) is 3.26. The fraction of sp³-hybridized carbons (Fsp3) is 0.222. The maximum atomic E-state index is 12.9. The van der Waals surface area contributed by atoms with Crippen LogP contribution in [-0.2, 0) is 5.92 Å². The normalized spacial score (nSPS) is 11.4. The van der Waals surface area contributed by atoms with Crippen LogP contribution in [0.5, 0.6) is 0 Å². The van der Waals surface area contributed by atoms with E-state index in [9.17, 15) is 13.6 Å². The van der Waals surface area contributed by atoms with Crippen LogP contribution in [0.3, 0.4) is 0 Å². The van der Waals surface area contributed by atoms with Crippen molar-refractivity contribution in [3.8, 4) is 0 Å². The Kier molecular flexibility index (Phi) is 2.66. The zero-order chi connectivity index (χ0) is 10.1.